The first-order valence-electron chi connectivity index (χ1n) is 11.4. The molecule has 3 N–H and O–H groups in total. The molecular weight excluding hydrogens is 502 g/mol. The molecule has 0 aliphatic rings. The molecule has 2 aromatic rings. The van der Waals surface area contributed by atoms with E-state index in [9.17, 15) is 9.59 Å². The molecular formula is C25H32BrN3O3S. The van der Waals surface area contributed by atoms with Crippen molar-refractivity contribution in [1.29, 1.82) is 0 Å². The number of hydrogen-bond donors (Lipinski definition) is 3. The summed E-state index contributed by atoms with van der Waals surface area (Å²) in [6, 6.07) is 12.3. The second-order valence-corrected chi connectivity index (χ2v) is 8.97. The van der Waals surface area contributed by atoms with Crippen LogP contribution in [0.4, 0.5) is 5.69 Å². The van der Waals surface area contributed by atoms with Crippen molar-refractivity contribution in [2.75, 3.05) is 18.5 Å². The summed E-state index contributed by atoms with van der Waals surface area (Å²) in [5.74, 6) is 0.0560. The lowest BCUT2D eigenvalue weighted by Crippen LogP contribution is -2.34. The number of unbranched alkanes of at least 4 members (excludes halogenated alkanes) is 4. The van der Waals surface area contributed by atoms with Crippen LogP contribution in [0, 0.1) is 0 Å². The van der Waals surface area contributed by atoms with Crippen LogP contribution < -0.4 is 20.7 Å². The van der Waals surface area contributed by atoms with Crippen molar-refractivity contribution in [2.45, 2.75) is 52.4 Å². The van der Waals surface area contributed by atoms with Crippen molar-refractivity contribution in [1.82, 2.24) is 10.6 Å². The van der Waals surface area contributed by atoms with Gasteiger partial charge in [0, 0.05) is 22.3 Å². The Balaban J connectivity index is 1.93. The average molecular weight is 535 g/mol. The molecule has 0 fully saturated rings. The van der Waals surface area contributed by atoms with Gasteiger partial charge in [-0.25, -0.2) is 0 Å². The van der Waals surface area contributed by atoms with Crippen molar-refractivity contribution in [3.05, 3.63) is 58.1 Å². The fourth-order valence-corrected chi connectivity index (χ4v) is 3.61. The molecule has 8 heteroatoms. The summed E-state index contributed by atoms with van der Waals surface area (Å²) in [4.78, 5) is 24.9. The quantitative estimate of drug-likeness (QED) is 0.228. The summed E-state index contributed by atoms with van der Waals surface area (Å²) in [7, 11) is 0. The van der Waals surface area contributed by atoms with Gasteiger partial charge in [0.05, 0.1) is 12.2 Å². The number of carbonyl (C=O) groups excluding carboxylic acids is 2. The molecule has 0 atom stereocenters. The lowest BCUT2D eigenvalue weighted by molar-refractivity contribution is 0.0950. The Bertz CT molecular complexity index is 935. The van der Waals surface area contributed by atoms with Gasteiger partial charge in [-0.2, -0.15) is 0 Å². The molecule has 2 amide bonds. The third-order valence-electron chi connectivity index (χ3n) is 4.89. The van der Waals surface area contributed by atoms with Gasteiger partial charge in [-0.1, -0.05) is 55.5 Å². The number of carbonyl (C=O) groups is 2. The zero-order valence-electron chi connectivity index (χ0n) is 19.2. The number of anilines is 1. The standard InChI is InChI=1S/C25H32BrN3O3S/c1-3-5-7-8-16-32-22-14-11-19(26)17-21(22)24(31)29-25(33)28-20-12-9-18(10-13-20)23(30)27-15-6-4-2/h9-14,17H,3-8,15-16H2,1-2H3,(H,27,30)(H2,28,29,31,33). The van der Waals surface area contributed by atoms with E-state index in [2.05, 4.69) is 45.7 Å². The highest BCUT2D eigenvalue weighted by Gasteiger charge is 2.15. The van der Waals surface area contributed by atoms with Crippen LogP contribution in [-0.2, 0) is 0 Å². The maximum Gasteiger partial charge on any atom is 0.261 e. The normalized spacial score (nSPS) is 10.4. The molecule has 2 rings (SSSR count). The minimum Gasteiger partial charge on any atom is -0.493 e. The monoisotopic (exact) mass is 533 g/mol. The van der Waals surface area contributed by atoms with E-state index in [1.54, 1.807) is 36.4 Å². The fourth-order valence-electron chi connectivity index (χ4n) is 3.03. The van der Waals surface area contributed by atoms with Crippen LogP contribution in [0.5, 0.6) is 5.75 Å². The summed E-state index contributed by atoms with van der Waals surface area (Å²) >= 11 is 8.71. The number of amides is 2. The number of benzene rings is 2. The van der Waals surface area contributed by atoms with Crippen LogP contribution in [-0.4, -0.2) is 30.1 Å². The fraction of sp³-hybridized carbons (Fsp3) is 0.400. The van der Waals surface area contributed by atoms with Crippen molar-refractivity contribution in [3.8, 4) is 5.75 Å². The SMILES string of the molecule is CCCCCCOc1ccc(Br)cc1C(=O)NC(=S)Nc1ccc(C(=O)NCCCC)cc1. The van der Waals surface area contributed by atoms with Crippen LogP contribution in [0.2, 0.25) is 0 Å². The number of thiocarbonyl (C=S) groups is 1. The predicted octanol–water partition coefficient (Wildman–Crippen LogP) is 6.06. The van der Waals surface area contributed by atoms with Crippen LogP contribution in [0.15, 0.2) is 46.9 Å². The molecule has 0 bridgehead atoms. The zero-order valence-corrected chi connectivity index (χ0v) is 21.6. The van der Waals surface area contributed by atoms with Gasteiger partial charge >= 0.3 is 0 Å². The Labute approximate surface area is 210 Å². The zero-order chi connectivity index (χ0) is 24.1. The van der Waals surface area contributed by atoms with E-state index < -0.39 is 0 Å². The smallest absolute Gasteiger partial charge is 0.261 e. The maximum atomic E-state index is 12.8. The average Bonchev–Trinajstić information content (AvgIpc) is 2.80. The number of ether oxygens (including phenoxy) is 1. The molecule has 0 saturated carbocycles. The molecule has 0 unspecified atom stereocenters. The molecule has 0 aromatic heterocycles. The van der Waals surface area contributed by atoms with Gasteiger partial charge in [0.1, 0.15) is 5.75 Å². The highest BCUT2D eigenvalue weighted by Crippen LogP contribution is 2.24. The van der Waals surface area contributed by atoms with Gasteiger partial charge < -0.3 is 15.4 Å². The second-order valence-electron chi connectivity index (χ2n) is 7.64. The minimum atomic E-state index is -0.357. The number of hydrogen-bond acceptors (Lipinski definition) is 4. The maximum absolute atomic E-state index is 12.8. The first kappa shape index (κ1) is 26.8. The van der Waals surface area contributed by atoms with E-state index in [1.165, 1.54) is 6.42 Å². The Morgan fingerprint density at radius 1 is 0.939 bits per heavy atom. The minimum absolute atomic E-state index is 0.109. The topological polar surface area (TPSA) is 79.5 Å². The third kappa shape index (κ3) is 9.52. The summed E-state index contributed by atoms with van der Waals surface area (Å²) in [5, 5.41) is 8.71. The van der Waals surface area contributed by atoms with Crippen LogP contribution in [0.25, 0.3) is 0 Å². The van der Waals surface area contributed by atoms with Crippen molar-refractivity contribution in [2.24, 2.45) is 0 Å². The van der Waals surface area contributed by atoms with E-state index in [1.807, 2.05) is 6.07 Å². The van der Waals surface area contributed by atoms with E-state index in [4.69, 9.17) is 17.0 Å². The van der Waals surface area contributed by atoms with Gasteiger partial charge in [0.2, 0.25) is 0 Å². The summed E-state index contributed by atoms with van der Waals surface area (Å²) < 4.78 is 6.62. The lowest BCUT2D eigenvalue weighted by atomic mass is 10.2. The first-order valence-corrected chi connectivity index (χ1v) is 12.6. The largest absolute Gasteiger partial charge is 0.493 e. The summed E-state index contributed by atoms with van der Waals surface area (Å²) in [6.45, 7) is 5.45. The van der Waals surface area contributed by atoms with Gasteiger partial charge in [0.25, 0.3) is 11.8 Å². The molecule has 0 aliphatic heterocycles. The molecule has 0 spiro atoms. The number of rotatable bonds is 12. The third-order valence-corrected chi connectivity index (χ3v) is 5.59. The molecule has 0 radical (unpaired) electrons. The van der Waals surface area contributed by atoms with Crippen LogP contribution >= 0.6 is 28.1 Å². The van der Waals surface area contributed by atoms with Gasteiger partial charge in [-0.15, -0.1) is 0 Å². The van der Waals surface area contributed by atoms with Crippen LogP contribution in [0.3, 0.4) is 0 Å². The van der Waals surface area contributed by atoms with Gasteiger partial charge in [-0.05, 0) is 67.5 Å². The highest BCUT2D eigenvalue weighted by atomic mass is 79.9. The van der Waals surface area contributed by atoms with Crippen LogP contribution in [0.1, 0.15) is 73.1 Å². The van der Waals surface area contributed by atoms with E-state index >= 15 is 0 Å². The predicted molar refractivity (Wildman–Crippen MR) is 141 cm³/mol. The molecule has 178 valence electrons. The van der Waals surface area contributed by atoms with Gasteiger partial charge in [0.15, 0.2) is 5.11 Å². The van der Waals surface area contributed by atoms with E-state index in [-0.39, 0.29) is 16.9 Å². The first-order chi connectivity index (χ1) is 15.9. The second kappa shape index (κ2) is 14.6. The summed E-state index contributed by atoms with van der Waals surface area (Å²) in [5.41, 5.74) is 1.65. The van der Waals surface area contributed by atoms with E-state index in [0.717, 1.165) is 36.6 Å². The number of nitrogens with one attached hydrogen (secondary N) is 3. The van der Waals surface area contributed by atoms with Crippen molar-refractivity contribution < 1.29 is 14.3 Å². The molecule has 6 nitrogen and oxygen atoms in total. The lowest BCUT2D eigenvalue weighted by Gasteiger charge is -2.14. The van der Waals surface area contributed by atoms with Crippen molar-refractivity contribution in [3.63, 3.8) is 0 Å². The molecule has 0 aliphatic carbocycles. The van der Waals surface area contributed by atoms with Crippen molar-refractivity contribution >= 4 is 50.8 Å². The number of halogens is 1. The Kier molecular flexibility index (Phi) is 11.9. The Hall–Kier alpha value is -2.45. The van der Waals surface area contributed by atoms with Gasteiger partial charge in [-0.3, -0.25) is 14.9 Å². The highest BCUT2D eigenvalue weighted by molar-refractivity contribution is 9.10. The molecule has 2 aromatic carbocycles. The summed E-state index contributed by atoms with van der Waals surface area (Å²) in [6.07, 6.45) is 6.34. The van der Waals surface area contributed by atoms with E-state index in [0.29, 0.717) is 35.7 Å². The Morgan fingerprint density at radius 2 is 1.67 bits per heavy atom. The molecule has 33 heavy (non-hydrogen) atoms. The molecule has 0 saturated heterocycles. The Morgan fingerprint density at radius 3 is 2.36 bits per heavy atom. The molecule has 0 heterocycles.